The van der Waals surface area contributed by atoms with Crippen molar-refractivity contribution >= 4 is 17.5 Å². The fraction of sp³-hybridized carbons (Fsp3) is 0.333. The van der Waals surface area contributed by atoms with Gasteiger partial charge in [0, 0.05) is 35.9 Å². The number of nitrogens with two attached hydrogens (primary N) is 1. The van der Waals surface area contributed by atoms with Crippen LogP contribution in [0.1, 0.15) is 28.5 Å². The summed E-state index contributed by atoms with van der Waals surface area (Å²) in [5.74, 6) is 0.245. The first-order valence-electron chi connectivity index (χ1n) is 7.85. The topological polar surface area (TPSA) is 77.2 Å². The summed E-state index contributed by atoms with van der Waals surface area (Å²) in [4.78, 5) is 16.9. The molecule has 0 saturated heterocycles. The van der Waals surface area contributed by atoms with Gasteiger partial charge in [-0.2, -0.15) is 0 Å². The van der Waals surface area contributed by atoms with Crippen LogP contribution in [0.4, 0.5) is 0 Å². The minimum Gasteiger partial charge on any atom is -0.491 e. The number of amides is 1. The molecule has 0 spiro atoms. The molecule has 0 aliphatic carbocycles. The number of benzene rings is 1. The molecule has 0 aliphatic heterocycles. The molecule has 3 N–H and O–H groups in total. The van der Waals surface area contributed by atoms with Crippen molar-refractivity contribution in [2.45, 2.75) is 26.3 Å². The molecule has 0 radical (unpaired) electrons. The lowest BCUT2D eigenvalue weighted by Gasteiger charge is -2.16. The Balaban J connectivity index is 2.08. The number of ether oxygens (including phenoxy) is 1. The van der Waals surface area contributed by atoms with E-state index in [-0.39, 0.29) is 11.9 Å². The highest BCUT2D eigenvalue weighted by molar-refractivity contribution is 6.31. The molecule has 24 heavy (non-hydrogen) atoms. The molecule has 1 aromatic heterocycles. The van der Waals surface area contributed by atoms with E-state index in [4.69, 9.17) is 22.1 Å². The van der Waals surface area contributed by atoms with E-state index in [1.54, 1.807) is 24.4 Å². The smallest absolute Gasteiger partial charge is 0.255 e. The molecule has 0 saturated carbocycles. The zero-order valence-electron chi connectivity index (χ0n) is 13.9. The highest BCUT2D eigenvalue weighted by atomic mass is 35.5. The summed E-state index contributed by atoms with van der Waals surface area (Å²) in [5.41, 5.74) is 7.93. The van der Waals surface area contributed by atoms with Gasteiger partial charge in [-0.15, -0.1) is 0 Å². The van der Waals surface area contributed by atoms with E-state index in [0.717, 1.165) is 11.3 Å². The maximum atomic E-state index is 12.6. The molecule has 128 valence electrons. The Morgan fingerprint density at radius 1 is 1.42 bits per heavy atom. The second kappa shape index (κ2) is 8.66. The number of hydrogen-bond donors (Lipinski definition) is 2. The van der Waals surface area contributed by atoms with Crippen molar-refractivity contribution in [2.75, 3.05) is 13.2 Å². The molecule has 1 heterocycles. The summed E-state index contributed by atoms with van der Waals surface area (Å²) in [6.07, 6.45) is 2.41. The highest BCUT2D eigenvalue weighted by Gasteiger charge is 2.16. The monoisotopic (exact) mass is 347 g/mol. The number of rotatable bonds is 7. The van der Waals surface area contributed by atoms with Crippen LogP contribution >= 0.6 is 11.6 Å². The minimum absolute atomic E-state index is 0.0764. The van der Waals surface area contributed by atoms with Crippen molar-refractivity contribution < 1.29 is 9.53 Å². The van der Waals surface area contributed by atoms with E-state index >= 15 is 0 Å². The molecule has 1 amide bonds. The van der Waals surface area contributed by atoms with Gasteiger partial charge in [0.15, 0.2) is 0 Å². The van der Waals surface area contributed by atoms with Gasteiger partial charge in [0.25, 0.3) is 5.91 Å². The number of aryl methyl sites for hydroxylation is 1. The van der Waals surface area contributed by atoms with Crippen LogP contribution in [-0.4, -0.2) is 30.1 Å². The van der Waals surface area contributed by atoms with Crippen molar-refractivity contribution in [3.05, 3.63) is 58.4 Å². The van der Waals surface area contributed by atoms with E-state index in [1.807, 2.05) is 26.0 Å². The molecule has 0 aliphatic rings. The molecular weight excluding hydrogens is 326 g/mol. The van der Waals surface area contributed by atoms with Crippen LogP contribution in [0.25, 0.3) is 0 Å². The normalized spacial score (nSPS) is 11.8. The summed E-state index contributed by atoms with van der Waals surface area (Å²) in [6.45, 7) is 4.66. The third-order valence-electron chi connectivity index (χ3n) is 3.56. The fourth-order valence-electron chi connectivity index (χ4n) is 2.35. The summed E-state index contributed by atoms with van der Waals surface area (Å²) < 4.78 is 5.52. The lowest BCUT2D eigenvalue weighted by Crippen LogP contribution is -2.34. The number of nitrogens with zero attached hydrogens (tertiary/aromatic N) is 1. The van der Waals surface area contributed by atoms with Gasteiger partial charge in [-0.25, -0.2) is 0 Å². The quantitative estimate of drug-likeness (QED) is 0.807. The summed E-state index contributed by atoms with van der Waals surface area (Å²) in [6, 6.07) is 8.79. The molecule has 1 aromatic carbocycles. The van der Waals surface area contributed by atoms with E-state index in [9.17, 15) is 4.79 Å². The van der Waals surface area contributed by atoms with Crippen LogP contribution in [0.2, 0.25) is 5.02 Å². The van der Waals surface area contributed by atoms with Gasteiger partial charge in [-0.3, -0.25) is 9.78 Å². The van der Waals surface area contributed by atoms with Crippen molar-refractivity contribution in [1.82, 2.24) is 10.3 Å². The number of pyridine rings is 1. The van der Waals surface area contributed by atoms with Crippen LogP contribution in [0.15, 0.2) is 36.5 Å². The van der Waals surface area contributed by atoms with E-state index in [1.165, 1.54) is 0 Å². The Morgan fingerprint density at radius 3 is 2.92 bits per heavy atom. The van der Waals surface area contributed by atoms with E-state index < -0.39 is 0 Å². The van der Waals surface area contributed by atoms with Crippen LogP contribution in [0.3, 0.4) is 0 Å². The van der Waals surface area contributed by atoms with E-state index in [0.29, 0.717) is 35.9 Å². The maximum Gasteiger partial charge on any atom is 0.255 e. The van der Waals surface area contributed by atoms with Crippen molar-refractivity contribution in [3.63, 3.8) is 0 Å². The third kappa shape index (κ3) is 4.94. The molecule has 1 atom stereocenters. The average Bonchev–Trinajstić information content (AvgIpc) is 2.55. The van der Waals surface area contributed by atoms with Gasteiger partial charge in [-0.1, -0.05) is 17.7 Å². The predicted molar refractivity (Wildman–Crippen MR) is 95.6 cm³/mol. The second-order valence-electron chi connectivity index (χ2n) is 5.62. The molecule has 5 nitrogen and oxygen atoms in total. The Kier molecular flexibility index (Phi) is 6.58. The zero-order valence-corrected chi connectivity index (χ0v) is 14.6. The zero-order chi connectivity index (χ0) is 17.5. The fourth-order valence-corrected chi connectivity index (χ4v) is 2.52. The number of halogens is 1. The summed E-state index contributed by atoms with van der Waals surface area (Å²) in [7, 11) is 0. The highest BCUT2D eigenvalue weighted by Crippen LogP contribution is 2.23. The SMILES string of the molecule is Cc1cccnc1CC(C)NC(=O)c1cc(Cl)ccc1OCCN. The van der Waals surface area contributed by atoms with Crippen molar-refractivity contribution in [1.29, 1.82) is 0 Å². The van der Waals surface area contributed by atoms with Crippen molar-refractivity contribution in [2.24, 2.45) is 5.73 Å². The third-order valence-corrected chi connectivity index (χ3v) is 3.79. The molecular formula is C18H22ClN3O2. The number of nitrogens with one attached hydrogen (secondary N) is 1. The maximum absolute atomic E-state index is 12.6. The molecule has 6 heteroatoms. The van der Waals surface area contributed by atoms with Gasteiger partial charge in [0.1, 0.15) is 12.4 Å². The first kappa shape index (κ1) is 18.2. The molecule has 2 rings (SSSR count). The number of hydrogen-bond acceptors (Lipinski definition) is 4. The van der Waals surface area contributed by atoms with Crippen LogP contribution < -0.4 is 15.8 Å². The largest absolute Gasteiger partial charge is 0.491 e. The Morgan fingerprint density at radius 2 is 2.21 bits per heavy atom. The van der Waals surface area contributed by atoms with Crippen molar-refractivity contribution in [3.8, 4) is 5.75 Å². The van der Waals surface area contributed by atoms with Gasteiger partial charge in [-0.05, 0) is 43.7 Å². The number of aromatic nitrogens is 1. The summed E-state index contributed by atoms with van der Waals surface area (Å²) in [5, 5.41) is 3.45. The molecule has 2 aromatic rings. The van der Waals surface area contributed by atoms with Gasteiger partial charge >= 0.3 is 0 Å². The molecule has 0 bridgehead atoms. The summed E-state index contributed by atoms with van der Waals surface area (Å²) >= 11 is 6.01. The van der Waals surface area contributed by atoms with Crippen LogP contribution in [-0.2, 0) is 6.42 Å². The lowest BCUT2D eigenvalue weighted by atomic mass is 10.1. The van der Waals surface area contributed by atoms with Gasteiger partial charge < -0.3 is 15.8 Å². The Hall–Kier alpha value is -2.11. The van der Waals surface area contributed by atoms with Gasteiger partial charge in [0.05, 0.1) is 5.56 Å². The number of carbonyl (C=O) groups excluding carboxylic acids is 1. The van der Waals surface area contributed by atoms with Gasteiger partial charge in [0.2, 0.25) is 0 Å². The Labute approximate surface area is 147 Å². The first-order chi connectivity index (χ1) is 11.5. The Bertz CT molecular complexity index is 706. The lowest BCUT2D eigenvalue weighted by molar-refractivity contribution is 0.0936. The van der Waals surface area contributed by atoms with E-state index in [2.05, 4.69) is 10.3 Å². The second-order valence-corrected chi connectivity index (χ2v) is 6.06. The molecule has 0 fully saturated rings. The first-order valence-corrected chi connectivity index (χ1v) is 8.23. The molecule has 1 unspecified atom stereocenters. The number of carbonyl (C=O) groups is 1. The standard InChI is InChI=1S/C18H22ClN3O2/c1-12-4-3-8-21-16(12)10-13(2)22-18(23)15-11-14(19)5-6-17(15)24-9-7-20/h3-6,8,11,13H,7,9-10,20H2,1-2H3,(H,22,23). The van der Waals surface area contributed by atoms with Crippen LogP contribution in [0, 0.1) is 6.92 Å². The predicted octanol–water partition coefficient (Wildman–Crippen LogP) is 2.74. The average molecular weight is 348 g/mol. The minimum atomic E-state index is -0.231. The van der Waals surface area contributed by atoms with Crippen LogP contribution in [0.5, 0.6) is 5.75 Å².